The number of amides is 2. The molecule has 0 spiro atoms. The summed E-state index contributed by atoms with van der Waals surface area (Å²) in [5.74, 6) is -2.96. The molecule has 2 bridgehead atoms. The molecule has 2 aromatic heterocycles. The highest BCUT2D eigenvalue weighted by molar-refractivity contribution is 6.01. The van der Waals surface area contributed by atoms with Crippen LogP contribution in [0.1, 0.15) is 80.9 Å². The molecule has 1 aliphatic carbocycles. The summed E-state index contributed by atoms with van der Waals surface area (Å²) in [6.07, 6.45) is 8.33. The maximum atomic E-state index is 16.0. The number of carbonyl (C=O) groups is 2. The van der Waals surface area contributed by atoms with Crippen LogP contribution in [0, 0.1) is 0 Å². The Balaban J connectivity index is 0.816. The summed E-state index contributed by atoms with van der Waals surface area (Å²) in [4.78, 5) is 42.5. The normalized spacial score (nSPS) is 27.4. The zero-order chi connectivity index (χ0) is 40.1. The largest absolute Gasteiger partial charge is 0.507 e. The molecule has 4 saturated heterocycles. The van der Waals surface area contributed by atoms with E-state index < -0.39 is 17.9 Å². The van der Waals surface area contributed by atoms with Crippen molar-refractivity contribution in [1.29, 1.82) is 0 Å². The van der Waals surface area contributed by atoms with Gasteiger partial charge in [0.15, 0.2) is 5.82 Å². The standard InChI is InChI=1S/C43H50F2N10O3/c1-52(36-15-16-39(57)49-41(36)58)29-6-4-5-27(21-29)33-18-20-53(25-43(33,44)45)28-11-9-26(10-12-28)34-17-19-47-42(48-34)55-30-13-14-31(55)24-54(23-30)37-22-35(50-51-40(37)46)32-7-2-3-8-38(32)56/h2-8,17,19,21-22,26,28,30-31,33,36,56H,9-16,18,20,23-25H2,1H3,(H2,46,51)(H,49,57,58)/t26?,28?,30-,31+,33-,36+/m0/s1. The van der Waals surface area contributed by atoms with Crippen LogP contribution in [0.2, 0.25) is 0 Å². The molecule has 5 aliphatic rings. The molecule has 4 aliphatic heterocycles. The number of likely N-dealkylation sites (N-methyl/N-ethyl adjacent to an activating group) is 1. The van der Waals surface area contributed by atoms with Crippen molar-refractivity contribution >= 4 is 35.0 Å². The lowest BCUT2D eigenvalue weighted by Crippen LogP contribution is -2.54. The number of benzene rings is 2. The monoisotopic (exact) mass is 792 g/mol. The van der Waals surface area contributed by atoms with E-state index in [4.69, 9.17) is 15.7 Å². The van der Waals surface area contributed by atoms with Crippen LogP contribution in [0.4, 0.5) is 31.9 Å². The van der Waals surface area contributed by atoms with Crippen molar-refractivity contribution < 1.29 is 23.5 Å². The molecule has 5 fully saturated rings. The zero-order valence-electron chi connectivity index (χ0n) is 32.7. The first-order chi connectivity index (χ1) is 28.0. The van der Waals surface area contributed by atoms with Gasteiger partial charge in [-0.25, -0.2) is 18.7 Å². The number of rotatable bonds is 8. The molecule has 6 heterocycles. The molecule has 2 aromatic carbocycles. The highest BCUT2D eigenvalue weighted by Gasteiger charge is 2.47. The fourth-order valence-electron chi connectivity index (χ4n) is 10.2. The predicted octanol–water partition coefficient (Wildman–Crippen LogP) is 5.47. The summed E-state index contributed by atoms with van der Waals surface area (Å²) < 4.78 is 32.0. The molecule has 15 heteroatoms. The van der Waals surface area contributed by atoms with Crippen LogP contribution in [0.5, 0.6) is 5.75 Å². The van der Waals surface area contributed by atoms with Crippen molar-refractivity contribution in [3.63, 3.8) is 0 Å². The van der Waals surface area contributed by atoms with E-state index in [2.05, 4.69) is 25.3 Å². The van der Waals surface area contributed by atoms with Crippen molar-refractivity contribution in [3.8, 4) is 17.0 Å². The number of nitrogens with two attached hydrogens (primary N) is 1. The lowest BCUT2D eigenvalue weighted by molar-refractivity contribution is -0.134. The number of anilines is 4. The van der Waals surface area contributed by atoms with E-state index >= 15 is 8.78 Å². The number of hydrogen-bond acceptors (Lipinski definition) is 12. The maximum absolute atomic E-state index is 16.0. The summed E-state index contributed by atoms with van der Waals surface area (Å²) >= 11 is 0. The molecule has 0 unspecified atom stereocenters. The van der Waals surface area contributed by atoms with Crippen molar-refractivity contribution in [1.82, 2.24) is 30.4 Å². The Kier molecular flexibility index (Phi) is 10.1. The Morgan fingerprint density at radius 2 is 1.66 bits per heavy atom. The third-order valence-electron chi connectivity index (χ3n) is 13.3. The average molecular weight is 793 g/mol. The van der Waals surface area contributed by atoms with Crippen LogP contribution in [0.15, 0.2) is 66.9 Å². The van der Waals surface area contributed by atoms with Gasteiger partial charge >= 0.3 is 0 Å². The minimum Gasteiger partial charge on any atom is -0.507 e. The predicted molar refractivity (Wildman–Crippen MR) is 217 cm³/mol. The summed E-state index contributed by atoms with van der Waals surface area (Å²) in [5, 5.41) is 21.3. The number of phenolic OH excluding ortho intramolecular Hbond substituents is 1. The fraction of sp³-hybridized carbons (Fsp3) is 0.488. The zero-order valence-corrected chi connectivity index (χ0v) is 32.7. The summed E-state index contributed by atoms with van der Waals surface area (Å²) in [6.45, 7) is 1.80. The molecular weight excluding hydrogens is 743 g/mol. The van der Waals surface area contributed by atoms with Crippen LogP contribution in [0.3, 0.4) is 0 Å². The Morgan fingerprint density at radius 3 is 2.40 bits per heavy atom. The fourth-order valence-corrected chi connectivity index (χ4v) is 10.2. The van der Waals surface area contributed by atoms with E-state index in [0.29, 0.717) is 47.7 Å². The quantitative estimate of drug-likeness (QED) is 0.194. The number of fused-ring (bicyclic) bond motifs is 2. The number of aromatic nitrogens is 4. The number of hydrogen-bond donors (Lipinski definition) is 3. The van der Waals surface area contributed by atoms with Gasteiger partial charge in [0.25, 0.3) is 5.92 Å². The molecule has 4 N–H and O–H groups in total. The lowest BCUT2D eigenvalue weighted by Gasteiger charge is -2.44. The first-order valence-corrected chi connectivity index (χ1v) is 20.6. The highest BCUT2D eigenvalue weighted by atomic mass is 19.3. The van der Waals surface area contributed by atoms with Gasteiger partial charge in [-0.15, -0.1) is 10.2 Å². The van der Waals surface area contributed by atoms with Crippen LogP contribution in [-0.4, -0.2) is 105 Å². The van der Waals surface area contributed by atoms with E-state index in [1.54, 1.807) is 42.3 Å². The van der Waals surface area contributed by atoms with Gasteiger partial charge in [-0.05, 0) is 99.9 Å². The van der Waals surface area contributed by atoms with Crippen molar-refractivity contribution in [3.05, 3.63) is 78.1 Å². The SMILES string of the molecule is CN(c1cccc([C@@H]2CCN(C3CCC(c4ccnc(N5[C@@H]6CC[C@H]5CN(c5cc(-c7ccccc7O)nnc5N)C6)n4)CC3)CC2(F)F)c1)[C@@H]1CCC(=O)NC1=O. The third-order valence-corrected chi connectivity index (χ3v) is 13.3. The first kappa shape index (κ1) is 38.1. The number of halogens is 2. The lowest BCUT2D eigenvalue weighted by atomic mass is 9.80. The van der Waals surface area contributed by atoms with Gasteiger partial charge in [0, 0.05) is 73.7 Å². The highest BCUT2D eigenvalue weighted by Crippen LogP contribution is 2.45. The minimum atomic E-state index is -2.90. The number of nitrogen functional groups attached to an aromatic ring is 1. The molecule has 304 valence electrons. The number of nitrogens with zero attached hydrogens (tertiary/aromatic N) is 8. The molecule has 2 amide bonds. The van der Waals surface area contributed by atoms with Gasteiger partial charge < -0.3 is 25.5 Å². The number of nitrogens with one attached hydrogen (secondary N) is 1. The van der Waals surface area contributed by atoms with Crippen LogP contribution < -0.4 is 25.8 Å². The Bertz CT molecular complexity index is 2170. The van der Waals surface area contributed by atoms with Crippen LogP contribution >= 0.6 is 0 Å². The Hall–Kier alpha value is -5.44. The van der Waals surface area contributed by atoms with E-state index in [0.717, 1.165) is 68.9 Å². The van der Waals surface area contributed by atoms with Crippen LogP contribution in [-0.2, 0) is 9.59 Å². The number of likely N-dealkylation sites (tertiary alicyclic amines) is 1. The molecule has 4 aromatic rings. The molecule has 1 saturated carbocycles. The summed E-state index contributed by atoms with van der Waals surface area (Å²) in [6, 6.07) is 18.1. The van der Waals surface area contributed by atoms with E-state index in [9.17, 15) is 14.7 Å². The number of para-hydroxylation sites is 1. The van der Waals surface area contributed by atoms with Gasteiger partial charge in [-0.1, -0.05) is 24.3 Å². The van der Waals surface area contributed by atoms with Gasteiger partial charge in [0.1, 0.15) is 11.8 Å². The third kappa shape index (κ3) is 7.29. The maximum Gasteiger partial charge on any atom is 0.267 e. The molecule has 4 atom stereocenters. The molecule has 58 heavy (non-hydrogen) atoms. The molecule has 13 nitrogen and oxygen atoms in total. The van der Waals surface area contributed by atoms with Crippen molar-refractivity contribution in [2.75, 3.05) is 53.7 Å². The minimum absolute atomic E-state index is 0.0970. The number of alkyl halides is 2. The molecule has 0 radical (unpaired) electrons. The number of piperidine rings is 2. The van der Waals surface area contributed by atoms with Gasteiger partial charge in [-0.3, -0.25) is 19.8 Å². The van der Waals surface area contributed by atoms with Crippen LogP contribution in [0.25, 0.3) is 11.3 Å². The molecular formula is C43H50F2N10O3. The summed E-state index contributed by atoms with van der Waals surface area (Å²) in [5.41, 5.74) is 10.6. The number of carbonyl (C=O) groups excluding carboxylic acids is 2. The van der Waals surface area contributed by atoms with E-state index in [1.807, 2.05) is 41.4 Å². The second-order valence-corrected chi connectivity index (χ2v) is 16.7. The van der Waals surface area contributed by atoms with Crippen molar-refractivity contribution in [2.24, 2.45) is 0 Å². The Labute approximate surface area is 336 Å². The van der Waals surface area contributed by atoms with Crippen molar-refractivity contribution in [2.45, 2.75) is 99.7 Å². The van der Waals surface area contributed by atoms with E-state index in [1.165, 1.54) is 0 Å². The smallest absolute Gasteiger partial charge is 0.267 e. The second-order valence-electron chi connectivity index (χ2n) is 16.7. The van der Waals surface area contributed by atoms with Gasteiger partial charge in [-0.2, -0.15) is 0 Å². The number of aromatic hydroxyl groups is 1. The van der Waals surface area contributed by atoms with Gasteiger partial charge in [0.2, 0.25) is 17.8 Å². The topological polar surface area (TPSA) is 157 Å². The summed E-state index contributed by atoms with van der Waals surface area (Å²) in [7, 11) is 1.78. The first-order valence-electron chi connectivity index (χ1n) is 20.6. The number of piperazine rings is 1. The molecule has 9 rings (SSSR count). The van der Waals surface area contributed by atoms with Gasteiger partial charge in [0.05, 0.1) is 23.8 Å². The van der Waals surface area contributed by atoms with E-state index in [-0.39, 0.29) is 54.6 Å². The Morgan fingerprint density at radius 1 is 0.897 bits per heavy atom. The number of imide groups is 1. The average Bonchev–Trinajstić information content (AvgIpc) is 3.49. The number of phenols is 1. The second kappa shape index (κ2) is 15.4.